The second-order valence-corrected chi connectivity index (χ2v) is 8.15. The van der Waals surface area contributed by atoms with Crippen molar-refractivity contribution >= 4 is 21.9 Å². The number of carbonyl (C=O) groups excluding carboxylic acids is 1. The molecule has 1 aliphatic heterocycles. The number of sulfonamides is 1. The summed E-state index contributed by atoms with van der Waals surface area (Å²) in [7, 11) is -3.73. The van der Waals surface area contributed by atoms with Crippen LogP contribution in [0.25, 0.3) is 0 Å². The van der Waals surface area contributed by atoms with Crippen LogP contribution in [0.5, 0.6) is 0 Å². The summed E-state index contributed by atoms with van der Waals surface area (Å²) < 4.78 is 26.7. The molecule has 27 heavy (non-hydrogen) atoms. The molecule has 0 aliphatic carbocycles. The van der Waals surface area contributed by atoms with Crippen LogP contribution in [0.3, 0.4) is 0 Å². The van der Waals surface area contributed by atoms with Crippen molar-refractivity contribution in [1.82, 2.24) is 14.2 Å². The van der Waals surface area contributed by atoms with E-state index in [2.05, 4.69) is 4.98 Å². The molecule has 1 fully saturated rings. The van der Waals surface area contributed by atoms with Crippen molar-refractivity contribution in [3.8, 4) is 0 Å². The number of aromatic nitrogens is 1. The number of piperazine rings is 1. The Balaban J connectivity index is 1.68. The molecular formula is C18H19N3O5S. The molecule has 9 heteroatoms. The molecule has 142 valence electrons. The maximum absolute atomic E-state index is 12.7. The largest absolute Gasteiger partial charge is 0.478 e. The Morgan fingerprint density at radius 3 is 2.07 bits per heavy atom. The minimum Gasteiger partial charge on any atom is -0.478 e. The maximum atomic E-state index is 12.7. The van der Waals surface area contributed by atoms with Crippen molar-refractivity contribution in [2.75, 3.05) is 26.2 Å². The van der Waals surface area contributed by atoms with Gasteiger partial charge < -0.3 is 10.0 Å². The van der Waals surface area contributed by atoms with Crippen LogP contribution >= 0.6 is 0 Å². The van der Waals surface area contributed by atoms with Crippen molar-refractivity contribution in [1.29, 1.82) is 0 Å². The smallest absolute Gasteiger partial charge is 0.335 e. The molecule has 0 saturated carbocycles. The monoisotopic (exact) mass is 389 g/mol. The van der Waals surface area contributed by atoms with Gasteiger partial charge in [0, 0.05) is 38.1 Å². The number of carboxylic acids is 1. The third-order valence-corrected chi connectivity index (χ3v) is 6.34. The van der Waals surface area contributed by atoms with Crippen molar-refractivity contribution in [3.63, 3.8) is 0 Å². The number of rotatable bonds is 4. The zero-order chi connectivity index (χ0) is 19.6. The molecule has 1 aromatic heterocycles. The second kappa shape index (κ2) is 7.45. The van der Waals surface area contributed by atoms with Crippen LogP contribution in [0.2, 0.25) is 0 Å². The first-order valence-corrected chi connectivity index (χ1v) is 9.78. The summed E-state index contributed by atoms with van der Waals surface area (Å²) in [5.41, 5.74) is 1.31. The summed E-state index contributed by atoms with van der Waals surface area (Å²) in [6.45, 7) is 2.74. The van der Waals surface area contributed by atoms with Gasteiger partial charge in [-0.15, -0.1) is 0 Å². The lowest BCUT2D eigenvalue weighted by molar-refractivity contribution is 0.0689. The van der Waals surface area contributed by atoms with E-state index < -0.39 is 16.0 Å². The third-order valence-electron chi connectivity index (χ3n) is 4.42. The molecular weight excluding hydrogens is 370 g/mol. The first-order chi connectivity index (χ1) is 12.8. The quantitative estimate of drug-likeness (QED) is 0.843. The molecule has 2 heterocycles. The number of hydrogen-bond donors (Lipinski definition) is 1. The van der Waals surface area contributed by atoms with Crippen molar-refractivity contribution in [2.45, 2.75) is 11.8 Å². The molecule has 0 bridgehead atoms. The van der Waals surface area contributed by atoms with Crippen LogP contribution in [0, 0.1) is 6.92 Å². The summed E-state index contributed by atoms with van der Waals surface area (Å²) in [6, 6.07) is 8.56. The number of nitrogens with zero attached hydrogens (tertiary/aromatic N) is 3. The van der Waals surface area contributed by atoms with Gasteiger partial charge in [-0.2, -0.15) is 4.31 Å². The van der Waals surface area contributed by atoms with Crippen LogP contribution in [-0.4, -0.2) is 65.8 Å². The summed E-state index contributed by atoms with van der Waals surface area (Å²) in [5, 5.41) is 8.92. The zero-order valence-electron chi connectivity index (χ0n) is 14.7. The molecule has 0 radical (unpaired) electrons. The number of carbonyl (C=O) groups is 2. The molecule has 3 rings (SSSR count). The van der Waals surface area contributed by atoms with Gasteiger partial charge in [0.15, 0.2) is 0 Å². The Morgan fingerprint density at radius 1 is 0.963 bits per heavy atom. The molecule has 1 saturated heterocycles. The van der Waals surface area contributed by atoms with Gasteiger partial charge in [-0.05, 0) is 43.3 Å². The fourth-order valence-electron chi connectivity index (χ4n) is 2.83. The molecule has 1 N–H and O–H groups in total. The van der Waals surface area contributed by atoms with Gasteiger partial charge in [-0.3, -0.25) is 9.78 Å². The van der Waals surface area contributed by atoms with Gasteiger partial charge in [0.05, 0.1) is 16.0 Å². The molecule has 2 aromatic rings. The summed E-state index contributed by atoms with van der Waals surface area (Å²) >= 11 is 0. The van der Waals surface area contributed by atoms with Crippen LogP contribution < -0.4 is 0 Å². The minimum absolute atomic E-state index is 0.0241. The number of pyridine rings is 1. The number of aromatic carboxylic acids is 1. The van der Waals surface area contributed by atoms with Crippen molar-refractivity contribution in [3.05, 3.63) is 59.4 Å². The van der Waals surface area contributed by atoms with E-state index in [0.29, 0.717) is 5.56 Å². The van der Waals surface area contributed by atoms with Crippen LogP contribution in [-0.2, 0) is 10.0 Å². The first-order valence-electron chi connectivity index (χ1n) is 8.34. The van der Waals surface area contributed by atoms with Crippen LogP contribution in [0.15, 0.2) is 47.5 Å². The Hall–Kier alpha value is -2.78. The SMILES string of the molecule is Cc1ccc(C(=O)N2CCN(S(=O)(=O)c3ccc(C(=O)O)cc3)CC2)cn1. The van der Waals surface area contributed by atoms with Crippen molar-refractivity contribution in [2.24, 2.45) is 0 Å². The third kappa shape index (κ3) is 3.99. The summed E-state index contributed by atoms with van der Waals surface area (Å²) in [6.07, 6.45) is 1.52. The van der Waals surface area contributed by atoms with E-state index in [0.717, 1.165) is 5.69 Å². The number of benzene rings is 1. The predicted octanol–water partition coefficient (Wildman–Crippen LogP) is 1.23. The van der Waals surface area contributed by atoms with E-state index in [1.54, 1.807) is 17.0 Å². The average Bonchev–Trinajstić information content (AvgIpc) is 2.68. The lowest BCUT2D eigenvalue weighted by Crippen LogP contribution is -2.50. The number of carboxylic acid groups (broad SMARTS) is 1. The van der Waals surface area contributed by atoms with Gasteiger partial charge in [-0.1, -0.05) is 0 Å². The van der Waals surface area contributed by atoms with E-state index in [9.17, 15) is 18.0 Å². The molecule has 8 nitrogen and oxygen atoms in total. The van der Waals surface area contributed by atoms with E-state index in [4.69, 9.17) is 5.11 Å². The predicted molar refractivity (Wildman–Crippen MR) is 97.0 cm³/mol. The van der Waals surface area contributed by atoms with Crippen LogP contribution in [0.4, 0.5) is 0 Å². The van der Waals surface area contributed by atoms with Gasteiger partial charge in [-0.25, -0.2) is 13.2 Å². The Labute approximate surface area is 157 Å². The highest BCUT2D eigenvalue weighted by Gasteiger charge is 2.30. The lowest BCUT2D eigenvalue weighted by Gasteiger charge is -2.34. The van der Waals surface area contributed by atoms with E-state index in [-0.39, 0.29) is 42.5 Å². The molecule has 1 aliphatic rings. The first kappa shape index (κ1) is 19.0. The zero-order valence-corrected chi connectivity index (χ0v) is 15.5. The number of amides is 1. The summed E-state index contributed by atoms with van der Waals surface area (Å²) in [4.78, 5) is 29.2. The number of aryl methyl sites for hydroxylation is 1. The van der Waals surface area contributed by atoms with E-state index in [1.165, 1.54) is 34.8 Å². The fraction of sp³-hybridized carbons (Fsp3) is 0.278. The highest BCUT2D eigenvalue weighted by molar-refractivity contribution is 7.89. The van der Waals surface area contributed by atoms with Crippen LogP contribution in [0.1, 0.15) is 26.4 Å². The molecule has 1 amide bonds. The molecule has 1 aromatic carbocycles. The standard InChI is InChI=1S/C18H19N3O5S/c1-13-2-3-15(12-19-13)17(22)20-8-10-21(11-9-20)27(25,26)16-6-4-14(5-7-16)18(23)24/h2-7,12H,8-11H2,1H3,(H,23,24). The maximum Gasteiger partial charge on any atom is 0.335 e. The lowest BCUT2D eigenvalue weighted by atomic mass is 10.2. The molecule has 0 spiro atoms. The number of hydrogen-bond acceptors (Lipinski definition) is 5. The topological polar surface area (TPSA) is 108 Å². The van der Waals surface area contributed by atoms with E-state index in [1.807, 2.05) is 6.92 Å². The second-order valence-electron chi connectivity index (χ2n) is 6.21. The minimum atomic E-state index is -3.73. The summed E-state index contributed by atoms with van der Waals surface area (Å²) in [5.74, 6) is -1.29. The average molecular weight is 389 g/mol. The van der Waals surface area contributed by atoms with E-state index >= 15 is 0 Å². The highest BCUT2D eigenvalue weighted by atomic mass is 32.2. The van der Waals surface area contributed by atoms with Crippen molar-refractivity contribution < 1.29 is 23.1 Å². The van der Waals surface area contributed by atoms with Gasteiger partial charge in [0.2, 0.25) is 10.0 Å². The normalized spacial score (nSPS) is 15.5. The van der Waals surface area contributed by atoms with Gasteiger partial charge >= 0.3 is 5.97 Å². The Bertz CT molecular complexity index is 947. The fourth-order valence-corrected chi connectivity index (χ4v) is 4.25. The molecule has 0 unspecified atom stereocenters. The Morgan fingerprint density at radius 2 is 1.56 bits per heavy atom. The van der Waals surface area contributed by atoms with Gasteiger partial charge in [0.1, 0.15) is 0 Å². The Kier molecular flexibility index (Phi) is 5.24. The van der Waals surface area contributed by atoms with Gasteiger partial charge in [0.25, 0.3) is 5.91 Å². The molecule has 0 atom stereocenters. The highest BCUT2D eigenvalue weighted by Crippen LogP contribution is 2.19.